The van der Waals surface area contributed by atoms with Gasteiger partial charge in [-0.3, -0.25) is 4.90 Å². The molecule has 1 heterocycles. The van der Waals surface area contributed by atoms with E-state index < -0.39 is 24.3 Å². The number of nitrogens with zero attached hydrogens (tertiary/aromatic N) is 1. The van der Waals surface area contributed by atoms with Gasteiger partial charge in [0, 0.05) is 17.0 Å². The lowest BCUT2D eigenvalue weighted by atomic mass is 9.72. The highest BCUT2D eigenvalue weighted by atomic mass is 35.5. The van der Waals surface area contributed by atoms with Crippen molar-refractivity contribution in [2.45, 2.75) is 49.3 Å². The van der Waals surface area contributed by atoms with Crippen LogP contribution in [0.1, 0.15) is 35.6 Å². The van der Waals surface area contributed by atoms with Crippen molar-refractivity contribution < 1.29 is 51.3 Å². The highest BCUT2D eigenvalue weighted by Crippen LogP contribution is 2.52. The summed E-state index contributed by atoms with van der Waals surface area (Å²) in [4.78, 5) is 20.1. The van der Waals surface area contributed by atoms with Gasteiger partial charge >= 0.3 is 24.3 Å². The standard InChI is InChI=1S/C21H25ClN2O.2C2HF3O2/c1-24(14-15-5-4-6-16(22)13-15)19-17-7-2-3-8-18(17)21(20(19)25)9-11-23-12-10-21;2*3-2(4,5)1(6)7/h2-8,13,19-20,23,25H,9-12,14H2,1H3;2*(H,6,7)/t19-,20+;;/m1../s1. The number of fused-ring (bicyclic) bond motifs is 2. The third-order valence-electron chi connectivity index (χ3n) is 6.46. The van der Waals surface area contributed by atoms with Crippen molar-refractivity contribution in [1.82, 2.24) is 10.2 Å². The molecule has 0 unspecified atom stereocenters. The molecule has 39 heavy (non-hydrogen) atoms. The van der Waals surface area contributed by atoms with Crippen LogP contribution in [-0.4, -0.2) is 70.8 Å². The number of likely N-dealkylation sites (N-methyl/N-ethyl adjacent to an activating group) is 1. The highest BCUT2D eigenvalue weighted by Gasteiger charge is 2.52. The van der Waals surface area contributed by atoms with Gasteiger partial charge in [-0.15, -0.1) is 0 Å². The number of piperidine rings is 1. The zero-order valence-electron chi connectivity index (χ0n) is 20.6. The number of rotatable bonds is 3. The number of nitrogens with one attached hydrogen (secondary N) is 1. The Kier molecular flexibility index (Phi) is 10.8. The molecule has 0 bridgehead atoms. The summed E-state index contributed by atoms with van der Waals surface area (Å²) in [5.41, 5.74) is 3.68. The number of hydrogen-bond donors (Lipinski definition) is 4. The Balaban J connectivity index is 0.000000317. The van der Waals surface area contributed by atoms with Gasteiger partial charge in [0.2, 0.25) is 0 Å². The number of benzene rings is 2. The SMILES string of the molecule is CN(Cc1cccc(Cl)c1)[C@@H]1c2ccccc2C2(CCNCC2)[C@H]1O.O=C(O)C(F)(F)F.O=C(O)C(F)(F)F. The second-order valence-corrected chi connectivity index (χ2v) is 9.47. The molecule has 4 rings (SSSR count). The van der Waals surface area contributed by atoms with Crippen LogP contribution in [0.3, 0.4) is 0 Å². The van der Waals surface area contributed by atoms with Gasteiger partial charge in [0.25, 0.3) is 0 Å². The summed E-state index contributed by atoms with van der Waals surface area (Å²) < 4.78 is 63.5. The minimum Gasteiger partial charge on any atom is -0.475 e. The van der Waals surface area contributed by atoms with Crippen LogP contribution in [0, 0.1) is 0 Å². The Morgan fingerprint density at radius 3 is 1.97 bits per heavy atom. The van der Waals surface area contributed by atoms with Crippen molar-refractivity contribution in [3.63, 3.8) is 0 Å². The smallest absolute Gasteiger partial charge is 0.475 e. The van der Waals surface area contributed by atoms with Crippen LogP contribution in [-0.2, 0) is 21.5 Å². The topological polar surface area (TPSA) is 110 Å². The predicted octanol–water partition coefficient (Wildman–Crippen LogP) is 4.78. The number of aliphatic carboxylic acids is 2. The Morgan fingerprint density at radius 1 is 0.974 bits per heavy atom. The van der Waals surface area contributed by atoms with Crippen molar-refractivity contribution in [2.75, 3.05) is 20.1 Å². The lowest BCUT2D eigenvalue weighted by molar-refractivity contribution is -0.193. The molecule has 2 atom stereocenters. The average molecular weight is 585 g/mol. The molecule has 2 aliphatic rings. The molecule has 0 radical (unpaired) electrons. The largest absolute Gasteiger partial charge is 0.490 e. The van der Waals surface area contributed by atoms with Crippen LogP contribution in [0.15, 0.2) is 48.5 Å². The first-order valence-electron chi connectivity index (χ1n) is 11.5. The quantitative estimate of drug-likeness (QED) is 0.385. The maximum absolute atomic E-state index is 11.4. The molecule has 0 aromatic heterocycles. The molecule has 14 heteroatoms. The first-order valence-corrected chi connectivity index (χ1v) is 11.9. The molecule has 0 saturated carbocycles. The van der Waals surface area contributed by atoms with Gasteiger partial charge in [-0.1, -0.05) is 48.0 Å². The number of aliphatic hydroxyl groups is 1. The fourth-order valence-electron chi connectivity index (χ4n) is 4.78. The molecular formula is C25H27ClF6N2O5. The van der Waals surface area contributed by atoms with Crippen molar-refractivity contribution in [3.05, 3.63) is 70.2 Å². The molecule has 1 aliphatic heterocycles. The number of carboxylic acids is 2. The fourth-order valence-corrected chi connectivity index (χ4v) is 4.99. The first kappa shape index (κ1) is 32.3. The summed E-state index contributed by atoms with van der Waals surface area (Å²) >= 11 is 6.14. The Bertz CT molecular complexity index is 1110. The van der Waals surface area contributed by atoms with Gasteiger partial charge in [0.15, 0.2) is 0 Å². The predicted molar refractivity (Wildman–Crippen MR) is 129 cm³/mol. The summed E-state index contributed by atoms with van der Waals surface area (Å²) in [7, 11) is 2.10. The lowest BCUT2D eigenvalue weighted by Gasteiger charge is -2.40. The van der Waals surface area contributed by atoms with Crippen LogP contribution < -0.4 is 5.32 Å². The van der Waals surface area contributed by atoms with Crippen molar-refractivity contribution in [1.29, 1.82) is 0 Å². The van der Waals surface area contributed by atoms with Crippen LogP contribution in [0.5, 0.6) is 0 Å². The number of carboxylic acid groups (broad SMARTS) is 2. The third-order valence-corrected chi connectivity index (χ3v) is 6.69. The summed E-state index contributed by atoms with van der Waals surface area (Å²) in [5, 5.41) is 29.8. The Morgan fingerprint density at radius 2 is 1.49 bits per heavy atom. The minimum atomic E-state index is -5.08. The van der Waals surface area contributed by atoms with Gasteiger partial charge in [-0.25, -0.2) is 9.59 Å². The van der Waals surface area contributed by atoms with Crippen molar-refractivity contribution in [3.8, 4) is 0 Å². The van der Waals surface area contributed by atoms with Crippen LogP contribution >= 0.6 is 11.6 Å². The summed E-state index contributed by atoms with van der Waals surface area (Å²) in [6.45, 7) is 2.71. The number of alkyl halides is 6. The summed E-state index contributed by atoms with van der Waals surface area (Å²) in [5.74, 6) is -5.51. The van der Waals surface area contributed by atoms with Gasteiger partial charge in [0.05, 0.1) is 12.1 Å². The van der Waals surface area contributed by atoms with Crippen LogP contribution in [0.25, 0.3) is 0 Å². The number of halogens is 7. The zero-order chi connectivity index (χ0) is 29.6. The fraction of sp³-hybridized carbons (Fsp3) is 0.440. The second kappa shape index (κ2) is 13.0. The van der Waals surface area contributed by atoms with Crippen molar-refractivity contribution in [2.24, 2.45) is 0 Å². The number of carbonyl (C=O) groups is 2. The summed E-state index contributed by atoms with van der Waals surface area (Å²) in [6.07, 6.45) is -8.56. The van der Waals surface area contributed by atoms with Crippen LogP contribution in [0.2, 0.25) is 5.02 Å². The molecule has 7 nitrogen and oxygen atoms in total. The van der Waals surface area contributed by atoms with E-state index in [0.29, 0.717) is 0 Å². The van der Waals surface area contributed by atoms with E-state index in [4.69, 9.17) is 31.4 Å². The van der Waals surface area contributed by atoms with Gasteiger partial charge in [-0.2, -0.15) is 26.3 Å². The molecule has 0 amide bonds. The van der Waals surface area contributed by atoms with Gasteiger partial charge < -0.3 is 20.6 Å². The van der Waals surface area contributed by atoms with E-state index in [9.17, 15) is 31.4 Å². The van der Waals surface area contributed by atoms with E-state index in [0.717, 1.165) is 37.5 Å². The van der Waals surface area contributed by atoms with E-state index in [1.807, 2.05) is 18.2 Å². The van der Waals surface area contributed by atoms with Crippen molar-refractivity contribution >= 4 is 23.5 Å². The lowest BCUT2D eigenvalue weighted by Crippen LogP contribution is -2.48. The highest BCUT2D eigenvalue weighted by molar-refractivity contribution is 6.30. The first-order chi connectivity index (χ1) is 18.0. The van der Waals surface area contributed by atoms with Crippen LogP contribution in [0.4, 0.5) is 26.3 Å². The van der Waals surface area contributed by atoms with Gasteiger partial charge in [0.1, 0.15) is 0 Å². The zero-order valence-corrected chi connectivity index (χ0v) is 21.3. The number of hydrogen-bond acceptors (Lipinski definition) is 5. The molecule has 2 aromatic carbocycles. The van der Waals surface area contributed by atoms with E-state index in [1.54, 1.807) is 0 Å². The third kappa shape index (κ3) is 8.31. The van der Waals surface area contributed by atoms with E-state index >= 15 is 0 Å². The molecular weight excluding hydrogens is 558 g/mol. The van der Waals surface area contributed by atoms with E-state index in [1.165, 1.54) is 16.7 Å². The summed E-state index contributed by atoms with van der Waals surface area (Å²) in [6, 6.07) is 16.6. The maximum Gasteiger partial charge on any atom is 0.490 e. The Labute approximate surface area is 225 Å². The second-order valence-electron chi connectivity index (χ2n) is 9.03. The maximum atomic E-state index is 11.4. The average Bonchev–Trinajstić information content (AvgIpc) is 3.07. The molecule has 216 valence electrons. The van der Waals surface area contributed by atoms with E-state index in [2.05, 4.69) is 47.6 Å². The molecule has 1 spiro atoms. The Hall–Kier alpha value is -2.87. The normalized spacial score (nSPS) is 19.8. The molecule has 2 aromatic rings. The molecule has 4 N–H and O–H groups in total. The minimum absolute atomic E-state index is 0.0216. The van der Waals surface area contributed by atoms with Gasteiger partial charge in [-0.05, 0) is 61.8 Å². The number of aliphatic hydroxyl groups excluding tert-OH is 1. The molecule has 1 aliphatic carbocycles. The van der Waals surface area contributed by atoms with E-state index in [-0.39, 0.29) is 17.6 Å². The molecule has 1 saturated heterocycles. The monoisotopic (exact) mass is 584 g/mol. The molecule has 1 fully saturated rings.